The van der Waals surface area contributed by atoms with E-state index in [1.807, 2.05) is 20.8 Å². The third-order valence-electron chi connectivity index (χ3n) is 4.12. The molecule has 3 rings (SSSR count). The number of nitrogens with zero attached hydrogens (tertiary/aromatic N) is 4. The van der Waals surface area contributed by atoms with E-state index in [-0.39, 0.29) is 17.7 Å². The van der Waals surface area contributed by atoms with Crippen LogP contribution >= 0.6 is 11.6 Å². The van der Waals surface area contributed by atoms with E-state index in [9.17, 15) is 9.59 Å². The molecule has 1 amide bonds. The minimum absolute atomic E-state index is 0.00114. The van der Waals surface area contributed by atoms with Crippen LogP contribution in [-0.4, -0.2) is 44.2 Å². The average Bonchev–Trinajstić information content (AvgIpc) is 2.53. The number of pyridine rings is 1. The van der Waals surface area contributed by atoms with Gasteiger partial charge in [-0.3, -0.25) is 9.36 Å². The van der Waals surface area contributed by atoms with Crippen LogP contribution in [0.1, 0.15) is 39.7 Å². The normalized spacial score (nSPS) is 16.2. The van der Waals surface area contributed by atoms with Crippen molar-refractivity contribution in [1.82, 2.24) is 19.4 Å². The number of piperidine rings is 1. The third kappa shape index (κ3) is 3.92. The van der Waals surface area contributed by atoms with E-state index in [4.69, 9.17) is 16.3 Å². The molecule has 1 aliphatic heterocycles. The number of hydrogen-bond acceptors (Lipinski definition) is 5. The molecule has 1 saturated heterocycles. The minimum Gasteiger partial charge on any atom is -0.444 e. The largest absolute Gasteiger partial charge is 0.444 e. The van der Waals surface area contributed by atoms with Crippen molar-refractivity contribution in [2.24, 2.45) is 0 Å². The lowest BCUT2D eigenvalue weighted by molar-refractivity contribution is 0.0187. The number of halogens is 1. The Labute approximate surface area is 150 Å². The second-order valence-corrected chi connectivity index (χ2v) is 7.55. The van der Waals surface area contributed by atoms with Crippen molar-refractivity contribution < 1.29 is 9.53 Å². The van der Waals surface area contributed by atoms with Crippen LogP contribution in [0.25, 0.3) is 11.0 Å². The third-order valence-corrected chi connectivity index (χ3v) is 4.33. The van der Waals surface area contributed by atoms with Gasteiger partial charge in [-0.2, -0.15) is 0 Å². The molecule has 25 heavy (non-hydrogen) atoms. The van der Waals surface area contributed by atoms with Crippen LogP contribution < -0.4 is 5.56 Å². The highest BCUT2D eigenvalue weighted by Gasteiger charge is 2.28. The molecule has 1 fully saturated rings. The number of likely N-dealkylation sites (tertiary alicyclic amines) is 1. The summed E-state index contributed by atoms with van der Waals surface area (Å²) in [5.74, 6) is 0. The number of rotatable bonds is 1. The van der Waals surface area contributed by atoms with Crippen LogP contribution in [0.15, 0.2) is 23.3 Å². The highest BCUT2D eigenvalue weighted by molar-refractivity contribution is 6.29. The van der Waals surface area contributed by atoms with Gasteiger partial charge in [-0.15, -0.1) is 0 Å². The predicted octanol–water partition coefficient (Wildman–Crippen LogP) is 3.02. The van der Waals surface area contributed by atoms with Crippen LogP contribution in [0, 0.1) is 0 Å². The van der Waals surface area contributed by atoms with Gasteiger partial charge in [0.15, 0.2) is 5.65 Å². The maximum absolute atomic E-state index is 12.7. The molecule has 134 valence electrons. The number of carbonyl (C=O) groups is 1. The lowest BCUT2D eigenvalue weighted by atomic mass is 10.1. The Morgan fingerprint density at radius 2 is 1.96 bits per heavy atom. The first-order valence-electron chi connectivity index (χ1n) is 8.26. The summed E-state index contributed by atoms with van der Waals surface area (Å²) in [6.45, 7) is 6.63. The van der Waals surface area contributed by atoms with Gasteiger partial charge < -0.3 is 9.64 Å². The summed E-state index contributed by atoms with van der Waals surface area (Å²) < 4.78 is 7.03. The zero-order valence-corrected chi connectivity index (χ0v) is 15.3. The number of aromatic nitrogens is 3. The standard InChI is InChI=1S/C17H21ClN4O3/c1-17(2,3)25-16(24)21-8-6-11(7-9-21)22-10-19-14-12(15(22)23)4-5-13(18)20-14/h4-5,10-11H,6-9H2,1-3H3. The van der Waals surface area contributed by atoms with E-state index < -0.39 is 5.60 Å². The first kappa shape index (κ1) is 17.7. The van der Waals surface area contributed by atoms with Gasteiger partial charge in [0, 0.05) is 19.1 Å². The van der Waals surface area contributed by atoms with Gasteiger partial charge in [-0.1, -0.05) is 11.6 Å². The molecule has 0 unspecified atom stereocenters. The van der Waals surface area contributed by atoms with Gasteiger partial charge in [-0.25, -0.2) is 14.8 Å². The van der Waals surface area contributed by atoms with E-state index in [0.717, 1.165) is 0 Å². The summed E-state index contributed by atoms with van der Waals surface area (Å²) in [5.41, 5.74) is -0.300. The first-order valence-corrected chi connectivity index (χ1v) is 8.64. The van der Waals surface area contributed by atoms with Crippen molar-refractivity contribution in [2.75, 3.05) is 13.1 Å². The van der Waals surface area contributed by atoms with Gasteiger partial charge in [0.2, 0.25) is 0 Å². The fraction of sp³-hybridized carbons (Fsp3) is 0.529. The van der Waals surface area contributed by atoms with Gasteiger partial charge in [0.05, 0.1) is 5.39 Å². The molecule has 0 aliphatic carbocycles. The SMILES string of the molecule is CC(C)(C)OC(=O)N1CCC(n2cnc3nc(Cl)ccc3c2=O)CC1. The maximum Gasteiger partial charge on any atom is 0.410 e. The van der Waals surface area contributed by atoms with Gasteiger partial charge in [0.25, 0.3) is 5.56 Å². The number of fused-ring (bicyclic) bond motifs is 1. The summed E-state index contributed by atoms with van der Waals surface area (Å²) in [6.07, 6.45) is 2.55. The molecule has 0 radical (unpaired) electrons. The first-order chi connectivity index (χ1) is 11.7. The number of ether oxygens (including phenoxy) is 1. The van der Waals surface area contributed by atoms with Gasteiger partial charge >= 0.3 is 6.09 Å². The zero-order valence-electron chi connectivity index (χ0n) is 14.5. The van der Waals surface area contributed by atoms with Crippen molar-refractivity contribution in [3.63, 3.8) is 0 Å². The van der Waals surface area contributed by atoms with E-state index in [1.54, 1.807) is 21.6 Å². The molecule has 3 heterocycles. The van der Waals surface area contributed by atoms with Crippen molar-refractivity contribution in [3.05, 3.63) is 34.0 Å². The smallest absolute Gasteiger partial charge is 0.410 e. The van der Waals surface area contributed by atoms with Crippen molar-refractivity contribution in [1.29, 1.82) is 0 Å². The molecule has 2 aromatic rings. The lowest BCUT2D eigenvalue weighted by Gasteiger charge is -2.34. The monoisotopic (exact) mass is 364 g/mol. The van der Waals surface area contributed by atoms with E-state index >= 15 is 0 Å². The Balaban J connectivity index is 1.74. The van der Waals surface area contributed by atoms with E-state index in [1.165, 1.54) is 6.33 Å². The van der Waals surface area contributed by atoms with E-state index in [0.29, 0.717) is 42.1 Å². The molecule has 8 heteroatoms. The average molecular weight is 365 g/mol. The predicted molar refractivity (Wildman–Crippen MR) is 94.9 cm³/mol. The van der Waals surface area contributed by atoms with Crippen LogP contribution in [0.3, 0.4) is 0 Å². The zero-order chi connectivity index (χ0) is 18.2. The second kappa shape index (κ2) is 6.63. The Morgan fingerprint density at radius 3 is 2.60 bits per heavy atom. The van der Waals surface area contributed by atoms with Crippen LogP contribution in [0.2, 0.25) is 5.15 Å². The quantitative estimate of drug-likeness (QED) is 0.727. The summed E-state index contributed by atoms with van der Waals surface area (Å²) >= 11 is 5.84. The molecule has 0 bridgehead atoms. The van der Waals surface area contributed by atoms with Crippen molar-refractivity contribution >= 4 is 28.7 Å². The molecule has 7 nitrogen and oxygen atoms in total. The molecular formula is C17H21ClN4O3. The Hall–Kier alpha value is -2.15. The molecule has 0 saturated carbocycles. The fourth-order valence-electron chi connectivity index (χ4n) is 2.91. The summed E-state index contributed by atoms with van der Waals surface area (Å²) in [5, 5.41) is 0.754. The molecule has 0 aromatic carbocycles. The molecule has 0 atom stereocenters. The highest BCUT2D eigenvalue weighted by Crippen LogP contribution is 2.23. The van der Waals surface area contributed by atoms with Gasteiger partial charge in [0.1, 0.15) is 17.1 Å². The van der Waals surface area contributed by atoms with Crippen molar-refractivity contribution in [2.45, 2.75) is 45.3 Å². The Kier molecular flexibility index (Phi) is 4.69. The molecule has 0 N–H and O–H groups in total. The number of amides is 1. The Morgan fingerprint density at radius 1 is 1.28 bits per heavy atom. The summed E-state index contributed by atoms with van der Waals surface area (Å²) in [7, 11) is 0. The second-order valence-electron chi connectivity index (χ2n) is 7.16. The van der Waals surface area contributed by atoms with Gasteiger partial charge in [-0.05, 0) is 45.7 Å². The Bertz CT molecular complexity index is 851. The van der Waals surface area contributed by atoms with Crippen LogP contribution in [0.5, 0.6) is 0 Å². The lowest BCUT2D eigenvalue weighted by Crippen LogP contribution is -2.43. The molecule has 1 aliphatic rings. The highest BCUT2D eigenvalue weighted by atomic mass is 35.5. The summed E-state index contributed by atoms with van der Waals surface area (Å²) in [6, 6.07) is 3.23. The maximum atomic E-state index is 12.7. The molecule has 2 aromatic heterocycles. The summed E-state index contributed by atoms with van der Waals surface area (Å²) in [4.78, 5) is 34.8. The topological polar surface area (TPSA) is 77.3 Å². The number of carbonyl (C=O) groups excluding carboxylic acids is 1. The fourth-order valence-corrected chi connectivity index (χ4v) is 3.06. The van der Waals surface area contributed by atoms with Crippen molar-refractivity contribution in [3.8, 4) is 0 Å². The minimum atomic E-state index is -0.512. The molecule has 0 spiro atoms. The molecular weight excluding hydrogens is 344 g/mol. The van der Waals surface area contributed by atoms with Crippen LogP contribution in [0.4, 0.5) is 4.79 Å². The number of hydrogen-bond donors (Lipinski definition) is 0. The van der Waals surface area contributed by atoms with Crippen LogP contribution in [-0.2, 0) is 4.74 Å². The van der Waals surface area contributed by atoms with E-state index in [2.05, 4.69) is 9.97 Å².